The summed E-state index contributed by atoms with van der Waals surface area (Å²) in [5.74, 6) is 1.34. The number of ether oxygens (including phenoxy) is 1. The van der Waals surface area contributed by atoms with Gasteiger partial charge < -0.3 is 14.5 Å². The Morgan fingerprint density at radius 3 is 2.76 bits per heavy atom. The lowest BCUT2D eigenvalue weighted by atomic mass is 10.0. The molecule has 7 nitrogen and oxygen atoms in total. The molecule has 0 N–H and O–H groups in total. The van der Waals surface area contributed by atoms with Crippen LogP contribution in [0.25, 0.3) is 0 Å². The summed E-state index contributed by atoms with van der Waals surface area (Å²) in [7, 11) is 1.60. The zero-order valence-electron chi connectivity index (χ0n) is 14.6. The second kappa shape index (κ2) is 7.92. The molecule has 1 aliphatic heterocycles. The summed E-state index contributed by atoms with van der Waals surface area (Å²) in [5.41, 5.74) is 1.05. The van der Waals surface area contributed by atoms with Crippen LogP contribution in [0.3, 0.4) is 0 Å². The first-order chi connectivity index (χ1) is 12.2. The molecule has 0 radical (unpaired) electrons. The number of methoxy groups -OCH3 is 1. The fraction of sp³-hybridized carbons (Fsp3) is 0.444. The predicted octanol–water partition coefficient (Wildman–Crippen LogP) is 1.90. The fourth-order valence-electron chi connectivity index (χ4n) is 3.16. The van der Waals surface area contributed by atoms with E-state index in [0.717, 1.165) is 31.5 Å². The first kappa shape index (κ1) is 17.1. The number of hydrogen-bond acceptors (Lipinski definition) is 6. The molecule has 7 heteroatoms. The van der Waals surface area contributed by atoms with Gasteiger partial charge in [-0.15, -0.1) is 0 Å². The van der Waals surface area contributed by atoms with Crippen LogP contribution in [0.1, 0.15) is 25.3 Å². The van der Waals surface area contributed by atoms with Crippen LogP contribution >= 0.6 is 0 Å². The molecule has 3 heterocycles. The fourth-order valence-corrected chi connectivity index (χ4v) is 3.16. The molecule has 3 rings (SSSR count). The molecule has 0 saturated carbocycles. The average molecular weight is 341 g/mol. The van der Waals surface area contributed by atoms with E-state index in [1.54, 1.807) is 32.5 Å². The second-order valence-corrected chi connectivity index (χ2v) is 6.13. The summed E-state index contributed by atoms with van der Waals surface area (Å²) in [4.78, 5) is 29.1. The summed E-state index contributed by atoms with van der Waals surface area (Å²) >= 11 is 0. The molecule has 1 amide bonds. The number of hydrogen-bond donors (Lipinski definition) is 0. The number of anilines is 1. The van der Waals surface area contributed by atoms with Crippen molar-refractivity contribution in [3.05, 3.63) is 42.4 Å². The van der Waals surface area contributed by atoms with Gasteiger partial charge in [-0.3, -0.25) is 9.78 Å². The van der Waals surface area contributed by atoms with Gasteiger partial charge in [0.05, 0.1) is 7.11 Å². The Hall–Kier alpha value is -2.70. The van der Waals surface area contributed by atoms with E-state index in [9.17, 15) is 4.79 Å². The average Bonchev–Trinajstić information content (AvgIpc) is 2.67. The van der Waals surface area contributed by atoms with Crippen LogP contribution in [0.4, 0.5) is 5.95 Å². The van der Waals surface area contributed by atoms with E-state index >= 15 is 0 Å². The number of carbonyl (C=O) groups is 1. The van der Waals surface area contributed by atoms with Crippen molar-refractivity contribution in [2.45, 2.75) is 32.4 Å². The number of carbonyl (C=O) groups excluding carboxylic acids is 1. The lowest BCUT2D eigenvalue weighted by Crippen LogP contribution is -2.46. The van der Waals surface area contributed by atoms with E-state index in [-0.39, 0.29) is 11.9 Å². The van der Waals surface area contributed by atoms with Crippen LogP contribution < -0.4 is 9.64 Å². The molecule has 0 atom stereocenters. The maximum absolute atomic E-state index is 12.1. The molecular formula is C18H23N5O2. The highest BCUT2D eigenvalue weighted by molar-refractivity contribution is 5.73. The Morgan fingerprint density at radius 1 is 1.32 bits per heavy atom. The minimum Gasteiger partial charge on any atom is -0.481 e. The Bertz CT molecular complexity index is 702. The highest BCUT2D eigenvalue weighted by Gasteiger charge is 2.27. The van der Waals surface area contributed by atoms with Crippen LogP contribution in [0.15, 0.2) is 36.8 Å². The van der Waals surface area contributed by atoms with Crippen molar-refractivity contribution in [1.82, 2.24) is 19.9 Å². The highest BCUT2D eigenvalue weighted by Crippen LogP contribution is 2.22. The monoisotopic (exact) mass is 341 g/mol. The number of amides is 1. The number of piperidine rings is 1. The topological polar surface area (TPSA) is 71.5 Å². The predicted molar refractivity (Wildman–Crippen MR) is 94.3 cm³/mol. The minimum atomic E-state index is 0.0972. The van der Waals surface area contributed by atoms with E-state index in [0.29, 0.717) is 18.4 Å². The molecule has 0 aromatic carbocycles. The van der Waals surface area contributed by atoms with Gasteiger partial charge in [-0.2, -0.15) is 4.98 Å². The maximum atomic E-state index is 12.1. The van der Waals surface area contributed by atoms with Crippen molar-refractivity contribution in [3.63, 3.8) is 0 Å². The lowest BCUT2D eigenvalue weighted by Gasteiger charge is -2.38. The Kier molecular flexibility index (Phi) is 5.42. The Balaban J connectivity index is 1.64. The van der Waals surface area contributed by atoms with E-state index in [1.807, 2.05) is 23.2 Å². The van der Waals surface area contributed by atoms with Crippen molar-refractivity contribution in [2.24, 2.45) is 0 Å². The summed E-state index contributed by atoms with van der Waals surface area (Å²) in [6.45, 7) is 3.86. The summed E-state index contributed by atoms with van der Waals surface area (Å²) in [6, 6.07) is 5.86. The molecule has 0 unspecified atom stereocenters. The van der Waals surface area contributed by atoms with E-state index in [2.05, 4.69) is 19.9 Å². The third kappa shape index (κ3) is 4.23. The van der Waals surface area contributed by atoms with E-state index in [4.69, 9.17) is 4.74 Å². The Labute approximate surface area is 147 Å². The van der Waals surface area contributed by atoms with Gasteiger partial charge in [-0.1, -0.05) is 6.07 Å². The first-order valence-electron chi connectivity index (χ1n) is 8.45. The maximum Gasteiger partial charge on any atom is 0.228 e. The molecule has 132 valence electrons. The minimum absolute atomic E-state index is 0.0972. The normalized spacial score (nSPS) is 15.0. The van der Waals surface area contributed by atoms with Crippen LogP contribution in [0.2, 0.25) is 0 Å². The second-order valence-electron chi connectivity index (χ2n) is 6.13. The van der Waals surface area contributed by atoms with Crippen molar-refractivity contribution >= 4 is 11.9 Å². The van der Waals surface area contributed by atoms with Crippen LogP contribution in [0, 0.1) is 0 Å². The van der Waals surface area contributed by atoms with Gasteiger partial charge in [-0.25, -0.2) is 4.98 Å². The van der Waals surface area contributed by atoms with Crippen LogP contribution in [-0.2, 0) is 11.3 Å². The quantitative estimate of drug-likeness (QED) is 0.827. The summed E-state index contributed by atoms with van der Waals surface area (Å²) in [5, 5.41) is 0. The van der Waals surface area contributed by atoms with Crippen molar-refractivity contribution in [2.75, 3.05) is 25.1 Å². The van der Waals surface area contributed by atoms with Crippen molar-refractivity contribution in [3.8, 4) is 5.88 Å². The summed E-state index contributed by atoms with van der Waals surface area (Å²) < 4.78 is 5.17. The standard InChI is InChI=1S/C18H23N5O2/c1-14(24)23(13-15-4-3-8-19-12-15)16-6-10-22(11-7-16)18-20-9-5-17(21-18)25-2/h3-5,8-9,12,16H,6-7,10-11,13H2,1-2H3. The lowest BCUT2D eigenvalue weighted by molar-refractivity contribution is -0.132. The van der Waals surface area contributed by atoms with Crippen LogP contribution in [-0.4, -0.2) is 52.0 Å². The van der Waals surface area contributed by atoms with Gasteiger partial charge in [0.1, 0.15) is 0 Å². The molecule has 0 aliphatic carbocycles. The molecule has 1 aliphatic rings. The van der Waals surface area contributed by atoms with Crippen molar-refractivity contribution < 1.29 is 9.53 Å². The van der Waals surface area contributed by atoms with Crippen LogP contribution in [0.5, 0.6) is 5.88 Å². The first-order valence-corrected chi connectivity index (χ1v) is 8.45. The summed E-state index contributed by atoms with van der Waals surface area (Å²) in [6.07, 6.45) is 7.04. The molecule has 0 spiro atoms. The number of pyridine rings is 1. The van der Waals surface area contributed by atoms with Gasteiger partial charge in [-0.05, 0) is 24.5 Å². The highest BCUT2D eigenvalue weighted by atomic mass is 16.5. The largest absolute Gasteiger partial charge is 0.481 e. The third-order valence-electron chi connectivity index (χ3n) is 4.49. The Morgan fingerprint density at radius 2 is 2.12 bits per heavy atom. The number of rotatable bonds is 5. The molecule has 1 saturated heterocycles. The molecule has 2 aromatic heterocycles. The van der Waals surface area contributed by atoms with Crippen molar-refractivity contribution in [1.29, 1.82) is 0 Å². The molecular weight excluding hydrogens is 318 g/mol. The zero-order chi connectivity index (χ0) is 17.6. The van der Waals surface area contributed by atoms with E-state index < -0.39 is 0 Å². The van der Waals surface area contributed by atoms with E-state index in [1.165, 1.54) is 0 Å². The third-order valence-corrected chi connectivity index (χ3v) is 4.49. The van der Waals surface area contributed by atoms with Gasteiger partial charge in [0.25, 0.3) is 0 Å². The molecule has 2 aromatic rings. The molecule has 0 bridgehead atoms. The van der Waals surface area contributed by atoms with Gasteiger partial charge in [0, 0.05) is 57.3 Å². The van der Waals surface area contributed by atoms with Gasteiger partial charge >= 0.3 is 0 Å². The number of aromatic nitrogens is 3. The number of nitrogens with zero attached hydrogens (tertiary/aromatic N) is 5. The SMILES string of the molecule is COc1ccnc(N2CCC(N(Cc3cccnc3)C(C)=O)CC2)n1. The smallest absolute Gasteiger partial charge is 0.228 e. The zero-order valence-corrected chi connectivity index (χ0v) is 14.6. The van der Waals surface area contributed by atoms with Gasteiger partial charge in [0.2, 0.25) is 17.7 Å². The van der Waals surface area contributed by atoms with Gasteiger partial charge in [0.15, 0.2) is 0 Å². The molecule has 25 heavy (non-hydrogen) atoms. The molecule has 1 fully saturated rings.